The lowest BCUT2D eigenvalue weighted by Gasteiger charge is -2.11. The number of aromatic nitrogens is 2. The highest BCUT2D eigenvalue weighted by Gasteiger charge is 2.34. The van der Waals surface area contributed by atoms with Crippen LogP contribution in [0.25, 0.3) is 10.9 Å². The number of thiazole rings is 1. The lowest BCUT2D eigenvalue weighted by molar-refractivity contribution is -0.137. The maximum absolute atomic E-state index is 12.9. The Labute approximate surface area is 143 Å². The van der Waals surface area contributed by atoms with Gasteiger partial charge >= 0.3 is 6.18 Å². The number of hydrogen-bond donors (Lipinski definition) is 1. The van der Waals surface area contributed by atoms with Crippen LogP contribution in [0.3, 0.4) is 0 Å². The van der Waals surface area contributed by atoms with Gasteiger partial charge in [0.1, 0.15) is 5.15 Å². The number of alkyl halides is 3. The second-order valence-electron chi connectivity index (χ2n) is 4.88. The Bertz CT molecular complexity index is 897. The van der Waals surface area contributed by atoms with Gasteiger partial charge in [-0.3, -0.25) is 4.79 Å². The number of fused-ring (bicyclic) bond motifs is 1. The Kier molecular flexibility index (Phi) is 4.42. The van der Waals surface area contributed by atoms with Crippen LogP contribution in [0.4, 0.5) is 18.3 Å². The topological polar surface area (TPSA) is 54.9 Å². The van der Waals surface area contributed by atoms with Gasteiger partial charge in [0, 0.05) is 17.0 Å². The highest BCUT2D eigenvalue weighted by molar-refractivity contribution is 7.13. The van der Waals surface area contributed by atoms with Gasteiger partial charge in [-0.05, 0) is 11.6 Å². The molecule has 0 saturated heterocycles. The first-order chi connectivity index (χ1) is 11.3. The highest BCUT2D eigenvalue weighted by atomic mass is 35.5. The van der Waals surface area contributed by atoms with E-state index in [9.17, 15) is 18.0 Å². The van der Waals surface area contributed by atoms with E-state index in [1.54, 1.807) is 23.7 Å². The summed E-state index contributed by atoms with van der Waals surface area (Å²) in [6.07, 6.45) is -3.08. The molecular weight excluding hydrogens is 363 g/mol. The van der Waals surface area contributed by atoms with Crippen LogP contribution in [0.2, 0.25) is 5.15 Å². The molecule has 124 valence electrons. The Balaban J connectivity index is 1.94. The Hall–Kier alpha value is -2.19. The zero-order chi connectivity index (χ0) is 17.3. The summed E-state index contributed by atoms with van der Waals surface area (Å²) in [6, 6.07) is 5.63. The van der Waals surface area contributed by atoms with Gasteiger partial charge in [-0.25, -0.2) is 9.97 Å². The van der Waals surface area contributed by atoms with Crippen LogP contribution in [0.5, 0.6) is 0 Å². The molecule has 1 N–H and O–H groups in total. The molecule has 9 heteroatoms. The summed E-state index contributed by atoms with van der Waals surface area (Å²) in [7, 11) is 0. The average molecular weight is 372 g/mol. The van der Waals surface area contributed by atoms with E-state index in [1.165, 1.54) is 17.4 Å². The van der Waals surface area contributed by atoms with E-state index < -0.39 is 16.9 Å². The average Bonchev–Trinajstić information content (AvgIpc) is 2.99. The molecule has 0 saturated carbocycles. The van der Waals surface area contributed by atoms with Crippen molar-refractivity contribution in [3.05, 3.63) is 52.1 Å². The van der Waals surface area contributed by atoms with Crippen molar-refractivity contribution < 1.29 is 18.0 Å². The van der Waals surface area contributed by atoms with Crippen molar-refractivity contribution in [2.45, 2.75) is 12.6 Å². The quantitative estimate of drug-likeness (QED) is 0.687. The number of amides is 1. The van der Waals surface area contributed by atoms with Crippen molar-refractivity contribution in [3.63, 3.8) is 0 Å². The molecule has 3 rings (SSSR count). The maximum atomic E-state index is 12.9. The van der Waals surface area contributed by atoms with Gasteiger partial charge in [0.05, 0.1) is 17.5 Å². The third-order valence-corrected chi connectivity index (χ3v) is 4.19. The number of carbonyl (C=O) groups excluding carboxylic acids is 1. The van der Waals surface area contributed by atoms with E-state index in [1.807, 2.05) is 0 Å². The van der Waals surface area contributed by atoms with E-state index in [0.29, 0.717) is 10.7 Å². The fourth-order valence-electron chi connectivity index (χ4n) is 2.20. The zero-order valence-electron chi connectivity index (χ0n) is 11.9. The lowest BCUT2D eigenvalue weighted by atomic mass is 10.1. The lowest BCUT2D eigenvalue weighted by Crippen LogP contribution is -2.15. The van der Waals surface area contributed by atoms with Gasteiger partial charge in [-0.15, -0.1) is 11.3 Å². The molecule has 0 bridgehead atoms. The second-order valence-corrected chi connectivity index (χ2v) is 6.13. The monoisotopic (exact) mass is 371 g/mol. The minimum atomic E-state index is -4.59. The molecule has 24 heavy (non-hydrogen) atoms. The Morgan fingerprint density at radius 1 is 1.33 bits per heavy atom. The van der Waals surface area contributed by atoms with Gasteiger partial charge in [-0.2, -0.15) is 13.2 Å². The normalized spacial score (nSPS) is 11.7. The summed E-state index contributed by atoms with van der Waals surface area (Å²) >= 11 is 6.94. The molecular formula is C15H9ClF3N3OS. The molecule has 0 spiro atoms. The molecule has 4 nitrogen and oxygen atoms in total. The minimum absolute atomic E-state index is 0.0500. The van der Waals surface area contributed by atoms with Gasteiger partial charge in [0.2, 0.25) is 5.91 Å². The molecule has 1 aromatic carbocycles. The van der Waals surface area contributed by atoms with Gasteiger partial charge in [-0.1, -0.05) is 29.8 Å². The smallest absolute Gasteiger partial charge is 0.302 e. The van der Waals surface area contributed by atoms with Crippen LogP contribution < -0.4 is 5.32 Å². The number of hydrogen-bond acceptors (Lipinski definition) is 4. The third kappa shape index (κ3) is 3.49. The number of carbonyl (C=O) groups is 1. The first-order valence-electron chi connectivity index (χ1n) is 6.69. The van der Waals surface area contributed by atoms with Crippen molar-refractivity contribution in [1.29, 1.82) is 0 Å². The number of benzene rings is 1. The first kappa shape index (κ1) is 16.7. The van der Waals surface area contributed by atoms with Crippen molar-refractivity contribution in [3.8, 4) is 0 Å². The molecule has 0 radical (unpaired) electrons. The number of pyridine rings is 1. The van der Waals surface area contributed by atoms with Crippen LogP contribution in [0, 0.1) is 0 Å². The predicted octanol–water partition coefficient (Wildman–Crippen LogP) is 4.54. The summed E-state index contributed by atoms with van der Waals surface area (Å²) in [5.41, 5.74) is -0.247. The highest BCUT2D eigenvalue weighted by Crippen LogP contribution is 2.36. The Morgan fingerprint density at radius 2 is 2.12 bits per heavy atom. The summed E-state index contributed by atoms with van der Waals surface area (Å²) in [4.78, 5) is 19.8. The summed E-state index contributed by atoms with van der Waals surface area (Å²) in [6.45, 7) is 0. The van der Waals surface area contributed by atoms with Crippen LogP contribution in [0.15, 0.2) is 35.8 Å². The molecule has 0 aliphatic carbocycles. The van der Waals surface area contributed by atoms with Gasteiger partial charge in [0.15, 0.2) is 5.13 Å². The number of para-hydroxylation sites is 1. The fourth-order valence-corrected chi connectivity index (χ4v) is 2.99. The standard InChI is InChI=1S/C15H9ClF3N3OS/c16-13-10(15(17,18)19)6-8-2-1-3-9(12(8)22-13)7-11(23)21-14-20-4-5-24-14/h1-6H,7H2,(H,20,21,23). The molecule has 0 atom stereocenters. The number of nitrogens with one attached hydrogen (secondary N) is 1. The van der Waals surface area contributed by atoms with Crippen molar-refractivity contribution >= 4 is 44.9 Å². The van der Waals surface area contributed by atoms with Gasteiger partial charge in [0.25, 0.3) is 0 Å². The van der Waals surface area contributed by atoms with Crippen molar-refractivity contribution in [2.24, 2.45) is 0 Å². The largest absolute Gasteiger partial charge is 0.419 e. The molecule has 0 aliphatic heterocycles. The zero-order valence-corrected chi connectivity index (χ0v) is 13.5. The number of anilines is 1. The summed E-state index contributed by atoms with van der Waals surface area (Å²) in [5.74, 6) is -0.338. The molecule has 2 heterocycles. The SMILES string of the molecule is O=C(Cc1cccc2cc(C(F)(F)F)c(Cl)nc12)Nc1nccs1. The van der Waals surface area contributed by atoms with Gasteiger partial charge < -0.3 is 5.32 Å². The maximum Gasteiger partial charge on any atom is 0.419 e. The van der Waals surface area contributed by atoms with E-state index in [4.69, 9.17) is 11.6 Å². The third-order valence-electron chi connectivity index (χ3n) is 3.22. The predicted molar refractivity (Wildman–Crippen MR) is 86.2 cm³/mol. The molecule has 0 fully saturated rings. The summed E-state index contributed by atoms with van der Waals surface area (Å²) < 4.78 is 38.7. The number of nitrogens with zero attached hydrogens (tertiary/aromatic N) is 2. The number of halogens is 4. The summed E-state index contributed by atoms with van der Waals surface area (Å²) in [5, 5.41) is 4.41. The molecule has 0 aliphatic rings. The number of rotatable bonds is 3. The van der Waals surface area contributed by atoms with Crippen LogP contribution in [-0.4, -0.2) is 15.9 Å². The molecule has 2 aromatic heterocycles. The van der Waals surface area contributed by atoms with E-state index in [-0.39, 0.29) is 23.2 Å². The molecule has 0 unspecified atom stereocenters. The Morgan fingerprint density at radius 3 is 2.79 bits per heavy atom. The van der Waals surface area contributed by atoms with E-state index in [2.05, 4.69) is 15.3 Å². The second kappa shape index (κ2) is 6.37. The van der Waals surface area contributed by atoms with E-state index >= 15 is 0 Å². The van der Waals surface area contributed by atoms with Crippen LogP contribution in [-0.2, 0) is 17.4 Å². The van der Waals surface area contributed by atoms with Crippen molar-refractivity contribution in [2.75, 3.05) is 5.32 Å². The minimum Gasteiger partial charge on any atom is -0.302 e. The molecule has 1 amide bonds. The van der Waals surface area contributed by atoms with Crippen LogP contribution >= 0.6 is 22.9 Å². The van der Waals surface area contributed by atoms with Crippen molar-refractivity contribution in [1.82, 2.24) is 9.97 Å². The van der Waals surface area contributed by atoms with Crippen LogP contribution in [0.1, 0.15) is 11.1 Å². The molecule has 3 aromatic rings. The first-order valence-corrected chi connectivity index (χ1v) is 7.95. The van der Waals surface area contributed by atoms with E-state index in [0.717, 1.165) is 6.07 Å². The fraction of sp³-hybridized carbons (Fsp3) is 0.133.